The number of anilines is 1. The number of thiocarbonyl (C=S) groups is 1. The number of alkyl halides is 3. The Hall–Kier alpha value is -4.32. The van der Waals surface area contributed by atoms with Crippen LogP contribution in [0.5, 0.6) is 5.75 Å². The largest absolute Gasteiger partial charge is 0.573 e. The van der Waals surface area contributed by atoms with Gasteiger partial charge in [-0.1, -0.05) is 30.3 Å². The zero-order valence-corrected chi connectivity index (χ0v) is 19.1. The van der Waals surface area contributed by atoms with Gasteiger partial charge in [-0.2, -0.15) is 5.10 Å². The van der Waals surface area contributed by atoms with Gasteiger partial charge in [0.25, 0.3) is 0 Å². The molecular formula is C23H20F3N7OS. The molecule has 0 amide bonds. The number of aryl methyl sites for hydroxylation is 1. The lowest BCUT2D eigenvalue weighted by Gasteiger charge is -2.08. The molecule has 0 radical (unpaired) electrons. The van der Waals surface area contributed by atoms with Gasteiger partial charge in [0.1, 0.15) is 23.7 Å². The third-order valence-corrected chi connectivity index (χ3v) is 4.49. The predicted molar refractivity (Wildman–Crippen MR) is 134 cm³/mol. The van der Waals surface area contributed by atoms with Gasteiger partial charge in [-0.15, -0.1) is 13.2 Å². The standard InChI is InChI=1S/C23H20F3N7OS/c1-15-3-2-12-28-21(15)32-22(35)33-31-13-16-4-6-17(7-5-16)20(27)30-14-29-18-8-10-19(11-9-18)34-23(24,25)26/h2-14H,1H3,(H2,27,29,30)(H2,28,32,33,35)/b31-13-. The molecule has 0 atom stereocenters. The lowest BCUT2D eigenvalue weighted by molar-refractivity contribution is -0.274. The Morgan fingerprint density at radius 1 is 1.09 bits per heavy atom. The van der Waals surface area contributed by atoms with E-state index in [4.69, 9.17) is 18.0 Å². The average molecular weight is 500 g/mol. The first-order chi connectivity index (χ1) is 16.7. The van der Waals surface area contributed by atoms with E-state index in [1.165, 1.54) is 18.5 Å². The van der Waals surface area contributed by atoms with Crippen molar-refractivity contribution in [2.45, 2.75) is 13.3 Å². The average Bonchev–Trinajstić information content (AvgIpc) is 2.81. The van der Waals surface area contributed by atoms with Crippen LogP contribution in [-0.4, -0.2) is 34.8 Å². The van der Waals surface area contributed by atoms with Crippen LogP contribution in [0.2, 0.25) is 0 Å². The molecule has 0 aliphatic heterocycles. The van der Waals surface area contributed by atoms with Gasteiger partial charge in [-0.25, -0.2) is 15.0 Å². The van der Waals surface area contributed by atoms with Crippen molar-refractivity contribution in [3.05, 3.63) is 83.6 Å². The Kier molecular flexibility index (Phi) is 8.46. The van der Waals surface area contributed by atoms with Crippen molar-refractivity contribution in [3.8, 4) is 5.75 Å². The summed E-state index contributed by atoms with van der Waals surface area (Å²) in [4.78, 5) is 12.3. The maximum atomic E-state index is 12.2. The number of aliphatic imine (C=N–C) groups is 2. The monoisotopic (exact) mass is 499 g/mol. The summed E-state index contributed by atoms with van der Waals surface area (Å²) < 4.78 is 40.4. The zero-order valence-electron chi connectivity index (χ0n) is 18.3. The summed E-state index contributed by atoms with van der Waals surface area (Å²) in [5.41, 5.74) is 11.5. The topological polar surface area (TPSA) is 109 Å². The summed E-state index contributed by atoms with van der Waals surface area (Å²) in [6.07, 6.45) is -0.280. The van der Waals surface area contributed by atoms with Crippen molar-refractivity contribution in [1.29, 1.82) is 0 Å². The van der Waals surface area contributed by atoms with Crippen LogP contribution in [0, 0.1) is 6.92 Å². The molecule has 0 saturated carbocycles. The highest BCUT2D eigenvalue weighted by molar-refractivity contribution is 7.80. The van der Waals surface area contributed by atoms with Crippen molar-refractivity contribution in [3.63, 3.8) is 0 Å². The fourth-order valence-electron chi connectivity index (χ4n) is 2.62. The van der Waals surface area contributed by atoms with E-state index in [0.717, 1.165) is 23.3 Å². The molecule has 0 bridgehead atoms. The van der Waals surface area contributed by atoms with Gasteiger partial charge in [0.15, 0.2) is 5.11 Å². The number of amidine groups is 1. The molecule has 0 saturated heterocycles. The molecule has 0 spiro atoms. The Balaban J connectivity index is 1.52. The highest BCUT2D eigenvalue weighted by Crippen LogP contribution is 2.24. The lowest BCUT2D eigenvalue weighted by atomic mass is 10.1. The zero-order chi connectivity index (χ0) is 25.3. The van der Waals surface area contributed by atoms with Crippen molar-refractivity contribution in [1.82, 2.24) is 10.4 Å². The molecule has 8 nitrogen and oxygen atoms in total. The van der Waals surface area contributed by atoms with Gasteiger partial charge in [0, 0.05) is 11.8 Å². The minimum atomic E-state index is -4.75. The van der Waals surface area contributed by atoms with Gasteiger partial charge >= 0.3 is 6.36 Å². The second-order valence-corrected chi connectivity index (χ2v) is 7.32. The number of benzene rings is 2. The number of hydrazone groups is 1. The number of nitrogens with zero attached hydrogens (tertiary/aromatic N) is 4. The van der Waals surface area contributed by atoms with Crippen molar-refractivity contribution in [2.75, 3.05) is 5.32 Å². The quantitative estimate of drug-likeness (QED) is 0.189. The molecule has 4 N–H and O–H groups in total. The molecular weight excluding hydrogens is 479 g/mol. The van der Waals surface area contributed by atoms with E-state index in [0.29, 0.717) is 22.2 Å². The third-order valence-electron chi connectivity index (χ3n) is 4.30. The van der Waals surface area contributed by atoms with E-state index in [1.807, 2.05) is 19.1 Å². The fraction of sp³-hybridized carbons (Fsp3) is 0.0870. The first-order valence-electron chi connectivity index (χ1n) is 10.0. The van der Waals surface area contributed by atoms with Crippen LogP contribution in [-0.2, 0) is 0 Å². The number of nitrogens with two attached hydrogens (primary N) is 1. The first-order valence-corrected chi connectivity index (χ1v) is 10.4. The normalized spacial score (nSPS) is 12.2. The number of nitrogens with one attached hydrogen (secondary N) is 2. The summed E-state index contributed by atoms with van der Waals surface area (Å²) in [5.74, 6) is 0.526. The molecule has 35 heavy (non-hydrogen) atoms. The Morgan fingerprint density at radius 3 is 2.46 bits per heavy atom. The second kappa shape index (κ2) is 11.7. The number of aromatic nitrogens is 1. The molecule has 0 aliphatic rings. The van der Waals surface area contributed by atoms with Crippen LogP contribution < -0.4 is 21.2 Å². The van der Waals surface area contributed by atoms with E-state index in [-0.39, 0.29) is 11.6 Å². The molecule has 0 aliphatic carbocycles. The van der Waals surface area contributed by atoms with E-state index in [2.05, 4.69) is 35.5 Å². The maximum Gasteiger partial charge on any atom is 0.573 e. The van der Waals surface area contributed by atoms with Gasteiger partial charge < -0.3 is 15.8 Å². The van der Waals surface area contributed by atoms with Gasteiger partial charge in [-0.3, -0.25) is 5.43 Å². The number of ether oxygens (including phenoxy) is 1. The molecule has 0 unspecified atom stereocenters. The molecule has 180 valence electrons. The van der Waals surface area contributed by atoms with Crippen LogP contribution in [0.1, 0.15) is 16.7 Å². The Labute approximate surface area is 204 Å². The van der Waals surface area contributed by atoms with Gasteiger partial charge in [0.05, 0.1) is 11.9 Å². The van der Waals surface area contributed by atoms with Gasteiger partial charge in [0.2, 0.25) is 0 Å². The second-order valence-electron chi connectivity index (χ2n) is 6.92. The Morgan fingerprint density at radius 2 is 1.80 bits per heavy atom. The van der Waals surface area contributed by atoms with E-state index in [9.17, 15) is 13.2 Å². The van der Waals surface area contributed by atoms with E-state index >= 15 is 0 Å². The Bertz CT molecular complexity index is 1240. The van der Waals surface area contributed by atoms with Crippen LogP contribution in [0.4, 0.5) is 24.7 Å². The van der Waals surface area contributed by atoms with E-state index < -0.39 is 6.36 Å². The molecule has 1 heterocycles. The van der Waals surface area contributed by atoms with Crippen LogP contribution >= 0.6 is 12.2 Å². The molecule has 0 fully saturated rings. The maximum absolute atomic E-state index is 12.2. The molecule has 3 rings (SSSR count). The SMILES string of the molecule is Cc1cccnc1NC(=S)N/N=C\c1ccc(C(N)=NC=Nc2ccc(OC(F)(F)F)cc2)cc1. The molecule has 2 aromatic carbocycles. The number of rotatable bonds is 7. The number of halogens is 3. The number of pyridine rings is 1. The van der Waals surface area contributed by atoms with Crippen molar-refractivity contribution >= 4 is 47.2 Å². The van der Waals surface area contributed by atoms with Crippen molar-refractivity contribution < 1.29 is 17.9 Å². The third kappa shape index (κ3) is 8.51. The highest BCUT2D eigenvalue weighted by Gasteiger charge is 2.30. The highest BCUT2D eigenvalue weighted by atomic mass is 32.1. The van der Waals surface area contributed by atoms with Crippen LogP contribution in [0.25, 0.3) is 0 Å². The minimum absolute atomic E-state index is 0.212. The molecule has 3 aromatic rings. The van der Waals surface area contributed by atoms with Gasteiger partial charge in [-0.05, 0) is 60.6 Å². The predicted octanol–water partition coefficient (Wildman–Crippen LogP) is 4.67. The summed E-state index contributed by atoms with van der Waals surface area (Å²) in [7, 11) is 0. The minimum Gasteiger partial charge on any atom is -0.406 e. The molecule has 1 aromatic heterocycles. The van der Waals surface area contributed by atoms with Crippen molar-refractivity contribution in [2.24, 2.45) is 20.8 Å². The lowest BCUT2D eigenvalue weighted by Crippen LogP contribution is -2.24. The summed E-state index contributed by atoms with van der Waals surface area (Å²) in [5, 5.41) is 7.36. The first kappa shape index (κ1) is 25.3. The smallest absolute Gasteiger partial charge is 0.406 e. The summed E-state index contributed by atoms with van der Waals surface area (Å²) in [6.45, 7) is 1.91. The summed E-state index contributed by atoms with van der Waals surface area (Å²) in [6, 6.07) is 15.9. The van der Waals surface area contributed by atoms with E-state index in [1.54, 1.807) is 36.7 Å². The number of hydrogen-bond donors (Lipinski definition) is 3. The number of hydrogen-bond acceptors (Lipinski definition) is 5. The van der Waals surface area contributed by atoms with Crippen LogP contribution in [0.3, 0.4) is 0 Å². The molecule has 12 heteroatoms. The van der Waals surface area contributed by atoms with Crippen LogP contribution in [0.15, 0.2) is 81.9 Å². The fourth-order valence-corrected chi connectivity index (χ4v) is 2.77. The summed E-state index contributed by atoms with van der Waals surface area (Å²) >= 11 is 5.20.